The quantitative estimate of drug-likeness (QED) is 0.0750. The Labute approximate surface area is 226 Å². The number of unbranched alkanes of at least 4 members (excludes halogenated alkanes) is 1. The van der Waals surface area contributed by atoms with Crippen LogP contribution in [0.2, 0.25) is 0 Å². The lowest BCUT2D eigenvalue weighted by molar-refractivity contribution is -0.384. The summed E-state index contributed by atoms with van der Waals surface area (Å²) in [6.45, 7) is 2.87. The standard InChI is InChI=1S/C30H33F2N3O4/c1-2-3-15-39-33-19-25-18-26(29(36)14-12-21-11-13-27(31)28(32)17-21)30(23-8-4-5-9-23)34(25)20-22-7-6-10-24(16-22)35(37)38/h6-7,10-11,13,16-19,23H,2-5,8-9,12,14-15,20H2,1H3/b33-19+. The van der Waals surface area contributed by atoms with Gasteiger partial charge in [0.05, 0.1) is 16.8 Å². The van der Waals surface area contributed by atoms with Crippen molar-refractivity contribution in [2.24, 2.45) is 5.16 Å². The third-order valence-corrected chi connectivity index (χ3v) is 7.15. The van der Waals surface area contributed by atoms with Crippen molar-refractivity contribution in [3.05, 3.63) is 98.4 Å². The van der Waals surface area contributed by atoms with Crippen molar-refractivity contribution >= 4 is 17.7 Å². The van der Waals surface area contributed by atoms with Crippen molar-refractivity contribution in [3.63, 3.8) is 0 Å². The number of nitrogens with zero attached hydrogens (tertiary/aromatic N) is 3. The Morgan fingerprint density at radius 2 is 1.92 bits per heavy atom. The van der Waals surface area contributed by atoms with Gasteiger partial charge in [-0.05, 0) is 60.9 Å². The maximum Gasteiger partial charge on any atom is 0.269 e. The fraction of sp³-hybridized carbons (Fsp3) is 0.400. The van der Waals surface area contributed by atoms with E-state index in [1.807, 2.05) is 16.7 Å². The van der Waals surface area contributed by atoms with Gasteiger partial charge in [0.25, 0.3) is 5.69 Å². The number of carbonyl (C=O) groups excluding carboxylic acids is 1. The first kappa shape index (κ1) is 28.1. The molecule has 0 amide bonds. The van der Waals surface area contributed by atoms with Gasteiger partial charge in [-0.25, -0.2) is 8.78 Å². The van der Waals surface area contributed by atoms with Crippen LogP contribution in [-0.2, 0) is 17.8 Å². The first-order chi connectivity index (χ1) is 18.9. The van der Waals surface area contributed by atoms with Crippen molar-refractivity contribution < 1.29 is 23.3 Å². The predicted molar refractivity (Wildman–Crippen MR) is 145 cm³/mol. The average molecular weight is 538 g/mol. The summed E-state index contributed by atoms with van der Waals surface area (Å²) < 4.78 is 29.1. The number of hydrogen-bond acceptors (Lipinski definition) is 5. The number of oxime groups is 1. The zero-order valence-electron chi connectivity index (χ0n) is 22.1. The largest absolute Gasteiger partial charge is 0.396 e. The SMILES string of the molecule is CCCCO/N=C/c1cc(C(=O)CCc2ccc(F)c(F)c2)c(C2CCCC2)n1Cc1cccc([N+](=O)[O-])c1. The van der Waals surface area contributed by atoms with Gasteiger partial charge in [-0.3, -0.25) is 14.9 Å². The molecule has 0 atom stereocenters. The number of hydrogen-bond donors (Lipinski definition) is 0. The molecule has 0 N–H and O–H groups in total. The molecule has 0 saturated heterocycles. The Balaban J connectivity index is 1.70. The summed E-state index contributed by atoms with van der Waals surface area (Å²) in [5.74, 6) is -1.79. The minimum absolute atomic E-state index is 0.00279. The Bertz CT molecular complexity index is 1350. The fourth-order valence-electron chi connectivity index (χ4n) is 5.12. The van der Waals surface area contributed by atoms with Crippen LogP contribution in [0, 0.1) is 21.7 Å². The molecule has 7 nitrogen and oxygen atoms in total. The second-order valence-corrected chi connectivity index (χ2v) is 9.96. The molecular weight excluding hydrogens is 504 g/mol. The van der Waals surface area contributed by atoms with Gasteiger partial charge >= 0.3 is 0 Å². The van der Waals surface area contributed by atoms with Gasteiger partial charge < -0.3 is 9.40 Å². The van der Waals surface area contributed by atoms with Gasteiger partial charge in [0.2, 0.25) is 0 Å². The second-order valence-electron chi connectivity index (χ2n) is 9.96. The second kappa shape index (κ2) is 13.3. The molecule has 39 heavy (non-hydrogen) atoms. The Hall–Kier alpha value is -3.88. The zero-order chi connectivity index (χ0) is 27.8. The zero-order valence-corrected chi connectivity index (χ0v) is 22.1. The smallest absolute Gasteiger partial charge is 0.269 e. The summed E-state index contributed by atoms with van der Waals surface area (Å²) in [7, 11) is 0. The molecule has 1 aliphatic carbocycles. The summed E-state index contributed by atoms with van der Waals surface area (Å²) >= 11 is 0. The van der Waals surface area contributed by atoms with E-state index in [0.29, 0.717) is 30.0 Å². The molecule has 0 radical (unpaired) electrons. The third kappa shape index (κ3) is 7.16. The van der Waals surface area contributed by atoms with E-state index in [9.17, 15) is 23.7 Å². The molecule has 0 aliphatic heterocycles. The molecule has 1 aromatic heterocycles. The van der Waals surface area contributed by atoms with Crippen molar-refractivity contribution in [2.45, 2.75) is 70.8 Å². The first-order valence-electron chi connectivity index (χ1n) is 13.5. The number of halogens is 2. The average Bonchev–Trinajstić information content (AvgIpc) is 3.57. The summed E-state index contributed by atoms with van der Waals surface area (Å²) in [4.78, 5) is 29.9. The van der Waals surface area contributed by atoms with Crippen LogP contribution in [0.15, 0.2) is 53.7 Å². The van der Waals surface area contributed by atoms with E-state index in [-0.39, 0.29) is 30.2 Å². The summed E-state index contributed by atoms with van der Waals surface area (Å²) in [6, 6.07) is 12.0. The maximum atomic E-state index is 13.7. The van der Waals surface area contributed by atoms with Crippen molar-refractivity contribution in [1.82, 2.24) is 4.57 Å². The van der Waals surface area contributed by atoms with E-state index >= 15 is 0 Å². The third-order valence-electron chi connectivity index (χ3n) is 7.15. The molecule has 0 spiro atoms. The Morgan fingerprint density at radius 3 is 2.64 bits per heavy atom. The van der Waals surface area contributed by atoms with E-state index in [1.54, 1.807) is 18.3 Å². The molecule has 0 bridgehead atoms. The van der Waals surface area contributed by atoms with Crippen molar-refractivity contribution in [3.8, 4) is 0 Å². The lowest BCUT2D eigenvalue weighted by Crippen LogP contribution is -2.14. The summed E-state index contributed by atoms with van der Waals surface area (Å²) in [6.07, 6.45) is 7.83. The fourth-order valence-corrected chi connectivity index (χ4v) is 5.12. The number of nitro groups is 1. The predicted octanol–water partition coefficient (Wildman–Crippen LogP) is 7.35. The molecule has 1 heterocycles. The number of ketones is 1. The highest BCUT2D eigenvalue weighted by molar-refractivity contribution is 5.99. The minimum atomic E-state index is -0.934. The highest BCUT2D eigenvalue weighted by Gasteiger charge is 2.28. The van der Waals surface area contributed by atoms with Crippen molar-refractivity contribution in [1.29, 1.82) is 0 Å². The Kier molecular flexibility index (Phi) is 9.57. The van der Waals surface area contributed by atoms with Crippen molar-refractivity contribution in [2.75, 3.05) is 6.61 Å². The topological polar surface area (TPSA) is 86.7 Å². The molecule has 1 aliphatic rings. The lowest BCUT2D eigenvalue weighted by atomic mass is 9.95. The van der Waals surface area contributed by atoms with Crippen LogP contribution in [0.25, 0.3) is 0 Å². The van der Waals surface area contributed by atoms with E-state index in [1.165, 1.54) is 12.1 Å². The van der Waals surface area contributed by atoms with Crippen LogP contribution in [0.4, 0.5) is 14.5 Å². The molecule has 4 rings (SSSR count). The van der Waals surface area contributed by atoms with Crippen LogP contribution in [0.5, 0.6) is 0 Å². The van der Waals surface area contributed by atoms with Crippen LogP contribution >= 0.6 is 0 Å². The maximum absolute atomic E-state index is 13.7. The molecular formula is C30H33F2N3O4. The van der Waals surface area contributed by atoms with Gasteiger partial charge in [0.15, 0.2) is 17.4 Å². The van der Waals surface area contributed by atoms with Crippen LogP contribution in [0.1, 0.15) is 90.7 Å². The van der Waals surface area contributed by atoms with E-state index in [0.717, 1.165) is 61.9 Å². The number of aryl methyl sites for hydroxylation is 1. The number of non-ortho nitro benzene ring substituents is 1. The minimum Gasteiger partial charge on any atom is -0.396 e. The summed E-state index contributed by atoms with van der Waals surface area (Å²) in [5.41, 5.74) is 3.43. The molecule has 9 heteroatoms. The van der Waals surface area contributed by atoms with Crippen LogP contribution < -0.4 is 0 Å². The Morgan fingerprint density at radius 1 is 1.13 bits per heavy atom. The summed E-state index contributed by atoms with van der Waals surface area (Å²) in [5, 5.41) is 15.5. The molecule has 3 aromatic rings. The number of Topliss-reactive ketones (excluding diaryl/α,β-unsaturated/α-hetero) is 1. The molecule has 1 saturated carbocycles. The molecule has 1 fully saturated rings. The van der Waals surface area contributed by atoms with Gasteiger partial charge in [0, 0.05) is 36.4 Å². The van der Waals surface area contributed by atoms with Gasteiger partial charge in [0.1, 0.15) is 6.61 Å². The number of rotatable bonds is 13. The van der Waals surface area contributed by atoms with E-state index in [4.69, 9.17) is 4.84 Å². The van der Waals surface area contributed by atoms with Gasteiger partial charge in [-0.15, -0.1) is 0 Å². The first-order valence-corrected chi connectivity index (χ1v) is 13.5. The molecule has 2 aromatic carbocycles. The molecule has 0 unspecified atom stereocenters. The number of aromatic nitrogens is 1. The number of benzene rings is 2. The normalized spacial score (nSPS) is 13.8. The van der Waals surface area contributed by atoms with Gasteiger partial charge in [-0.2, -0.15) is 0 Å². The number of nitro benzene ring substituents is 1. The monoisotopic (exact) mass is 537 g/mol. The van der Waals surface area contributed by atoms with Crippen LogP contribution in [0.3, 0.4) is 0 Å². The highest BCUT2D eigenvalue weighted by Crippen LogP contribution is 2.38. The van der Waals surface area contributed by atoms with E-state index < -0.39 is 16.6 Å². The van der Waals surface area contributed by atoms with E-state index in [2.05, 4.69) is 12.1 Å². The lowest BCUT2D eigenvalue weighted by Gasteiger charge is -2.18. The van der Waals surface area contributed by atoms with Crippen LogP contribution in [-0.4, -0.2) is 28.1 Å². The van der Waals surface area contributed by atoms with Gasteiger partial charge in [-0.1, -0.05) is 49.5 Å². The molecule has 206 valence electrons. The highest BCUT2D eigenvalue weighted by atomic mass is 19.2. The number of carbonyl (C=O) groups is 1.